The van der Waals surface area contributed by atoms with Crippen molar-refractivity contribution < 1.29 is 0 Å². The van der Waals surface area contributed by atoms with Crippen molar-refractivity contribution in [2.24, 2.45) is 0 Å². The molecule has 0 saturated heterocycles. The Labute approximate surface area is 128 Å². The lowest BCUT2D eigenvalue weighted by molar-refractivity contribution is 0.560. The van der Waals surface area contributed by atoms with E-state index in [1.54, 1.807) is 9.15 Å². The van der Waals surface area contributed by atoms with Gasteiger partial charge in [-0.25, -0.2) is 0 Å². The number of allylic oxidation sites excluding steroid dienone is 2. The molecule has 1 aliphatic carbocycles. The highest BCUT2D eigenvalue weighted by atomic mass is 127. The van der Waals surface area contributed by atoms with E-state index in [9.17, 15) is 0 Å². The lowest BCUT2D eigenvalue weighted by Crippen LogP contribution is -1.92. The van der Waals surface area contributed by atoms with Crippen molar-refractivity contribution in [3.63, 3.8) is 0 Å². The zero-order valence-electron chi connectivity index (χ0n) is 10.2. The van der Waals surface area contributed by atoms with E-state index in [2.05, 4.69) is 45.2 Å². The first-order valence-corrected chi connectivity index (χ1v) is 9.37. The number of hydrogen-bond acceptors (Lipinski definition) is 0. The third-order valence-electron chi connectivity index (χ3n) is 3.40. The summed E-state index contributed by atoms with van der Waals surface area (Å²) in [5, 5.41) is 0. The maximum absolute atomic E-state index is 2.61. The van der Waals surface area contributed by atoms with E-state index in [1.807, 2.05) is 0 Å². The SMILES string of the molecule is ICC/C1=C(\I)CCCCCCCCCC1. The Hall–Kier alpha value is 1.20. The molecule has 0 atom stereocenters. The molecule has 0 saturated carbocycles. The van der Waals surface area contributed by atoms with Crippen LogP contribution in [0.25, 0.3) is 0 Å². The molecule has 0 amide bonds. The molecule has 2 heteroatoms. The average Bonchev–Trinajstić information content (AvgIpc) is 2.28. The third-order valence-corrected chi connectivity index (χ3v) is 5.25. The van der Waals surface area contributed by atoms with Crippen molar-refractivity contribution in [3.05, 3.63) is 9.15 Å². The van der Waals surface area contributed by atoms with Gasteiger partial charge in [-0.2, -0.15) is 0 Å². The Kier molecular flexibility index (Phi) is 9.68. The molecule has 0 fully saturated rings. The van der Waals surface area contributed by atoms with E-state index in [1.165, 1.54) is 75.1 Å². The normalized spacial score (nSPS) is 25.9. The fourth-order valence-electron chi connectivity index (χ4n) is 2.37. The van der Waals surface area contributed by atoms with Crippen LogP contribution in [0.5, 0.6) is 0 Å². The summed E-state index contributed by atoms with van der Waals surface area (Å²) >= 11 is 5.13. The van der Waals surface area contributed by atoms with Crippen LogP contribution in [-0.2, 0) is 0 Å². The molecular formula is C14H24I2. The molecule has 16 heavy (non-hydrogen) atoms. The van der Waals surface area contributed by atoms with Gasteiger partial charge in [0.2, 0.25) is 0 Å². The lowest BCUT2D eigenvalue weighted by atomic mass is 9.99. The van der Waals surface area contributed by atoms with E-state index in [0.717, 1.165) is 0 Å². The monoisotopic (exact) mass is 446 g/mol. The number of halogens is 2. The predicted molar refractivity (Wildman–Crippen MR) is 90.7 cm³/mol. The molecule has 0 unspecified atom stereocenters. The third kappa shape index (κ3) is 6.82. The second kappa shape index (κ2) is 10.2. The van der Waals surface area contributed by atoms with Gasteiger partial charge in [0.1, 0.15) is 0 Å². The average molecular weight is 446 g/mol. The van der Waals surface area contributed by atoms with Crippen LogP contribution in [0.15, 0.2) is 9.15 Å². The fraction of sp³-hybridized carbons (Fsp3) is 0.857. The summed E-state index contributed by atoms with van der Waals surface area (Å²) in [4.78, 5) is 0. The van der Waals surface area contributed by atoms with Crippen molar-refractivity contribution in [1.82, 2.24) is 0 Å². The van der Waals surface area contributed by atoms with Crippen LogP contribution >= 0.6 is 45.2 Å². The van der Waals surface area contributed by atoms with Gasteiger partial charge in [-0.3, -0.25) is 0 Å². The van der Waals surface area contributed by atoms with Crippen LogP contribution in [0.1, 0.15) is 70.6 Å². The van der Waals surface area contributed by atoms with Gasteiger partial charge in [0, 0.05) is 4.43 Å². The van der Waals surface area contributed by atoms with E-state index in [-0.39, 0.29) is 0 Å². The summed E-state index contributed by atoms with van der Waals surface area (Å²) < 4.78 is 2.98. The minimum Gasteiger partial charge on any atom is -0.0860 e. The lowest BCUT2D eigenvalue weighted by Gasteiger charge is -2.12. The van der Waals surface area contributed by atoms with Crippen LogP contribution in [-0.4, -0.2) is 4.43 Å². The highest BCUT2D eigenvalue weighted by Gasteiger charge is 2.05. The van der Waals surface area contributed by atoms with Crippen LogP contribution in [0, 0.1) is 0 Å². The Bertz CT molecular complexity index is 209. The Morgan fingerprint density at radius 2 is 1.25 bits per heavy atom. The van der Waals surface area contributed by atoms with E-state index in [4.69, 9.17) is 0 Å². The minimum atomic E-state index is 1.29. The Morgan fingerprint density at radius 3 is 1.81 bits per heavy atom. The molecule has 0 aromatic rings. The largest absolute Gasteiger partial charge is 0.0860 e. The number of rotatable bonds is 2. The van der Waals surface area contributed by atoms with Gasteiger partial charge in [0.05, 0.1) is 0 Å². The van der Waals surface area contributed by atoms with Crippen molar-refractivity contribution in [3.8, 4) is 0 Å². The number of hydrogen-bond donors (Lipinski definition) is 0. The van der Waals surface area contributed by atoms with Crippen molar-refractivity contribution in [2.75, 3.05) is 4.43 Å². The molecule has 0 bridgehead atoms. The highest BCUT2D eigenvalue weighted by molar-refractivity contribution is 14.1. The quantitative estimate of drug-likeness (QED) is 0.340. The second-order valence-corrected chi connectivity index (χ2v) is 7.16. The van der Waals surface area contributed by atoms with Crippen molar-refractivity contribution >= 4 is 45.2 Å². The van der Waals surface area contributed by atoms with E-state index >= 15 is 0 Å². The summed E-state index contributed by atoms with van der Waals surface area (Å²) in [5.74, 6) is 0. The van der Waals surface area contributed by atoms with Crippen LogP contribution in [0.3, 0.4) is 0 Å². The highest BCUT2D eigenvalue weighted by Crippen LogP contribution is 2.28. The van der Waals surface area contributed by atoms with Gasteiger partial charge >= 0.3 is 0 Å². The minimum absolute atomic E-state index is 1.29. The predicted octanol–water partition coefficient (Wildman–Crippen LogP) is 6.42. The van der Waals surface area contributed by atoms with E-state index in [0.29, 0.717) is 0 Å². The van der Waals surface area contributed by atoms with Gasteiger partial charge in [-0.05, 0) is 58.3 Å². The van der Waals surface area contributed by atoms with Gasteiger partial charge < -0.3 is 0 Å². The molecule has 0 radical (unpaired) electrons. The Balaban J connectivity index is 2.48. The first kappa shape index (κ1) is 15.3. The zero-order valence-corrected chi connectivity index (χ0v) is 14.6. The van der Waals surface area contributed by atoms with Gasteiger partial charge in [-0.15, -0.1) is 0 Å². The van der Waals surface area contributed by atoms with Gasteiger partial charge in [-0.1, -0.05) is 66.7 Å². The molecule has 0 aromatic heterocycles. The first-order chi connectivity index (χ1) is 7.84. The molecule has 0 aromatic carbocycles. The second-order valence-electron chi connectivity index (χ2n) is 4.78. The van der Waals surface area contributed by atoms with Crippen molar-refractivity contribution in [2.45, 2.75) is 70.6 Å². The van der Waals surface area contributed by atoms with Gasteiger partial charge in [0.15, 0.2) is 0 Å². The van der Waals surface area contributed by atoms with E-state index < -0.39 is 0 Å². The summed E-state index contributed by atoms with van der Waals surface area (Å²) in [7, 11) is 0. The van der Waals surface area contributed by atoms with Crippen LogP contribution in [0.4, 0.5) is 0 Å². The van der Waals surface area contributed by atoms with Crippen LogP contribution in [0.2, 0.25) is 0 Å². The van der Waals surface area contributed by atoms with Crippen LogP contribution < -0.4 is 0 Å². The molecule has 1 aliphatic rings. The topological polar surface area (TPSA) is 0 Å². The molecule has 0 spiro atoms. The van der Waals surface area contributed by atoms with Crippen molar-refractivity contribution in [1.29, 1.82) is 0 Å². The molecule has 94 valence electrons. The summed E-state index contributed by atoms with van der Waals surface area (Å²) in [6, 6.07) is 0. The summed E-state index contributed by atoms with van der Waals surface area (Å²) in [6.07, 6.45) is 15.7. The smallest absolute Gasteiger partial charge is 0.00329 e. The fourth-order valence-corrected chi connectivity index (χ4v) is 3.94. The molecular weight excluding hydrogens is 422 g/mol. The number of alkyl halides is 1. The zero-order chi connectivity index (χ0) is 11.6. The summed E-state index contributed by atoms with van der Waals surface area (Å²) in [5.41, 5.74) is 1.77. The molecule has 0 nitrogen and oxygen atoms in total. The Morgan fingerprint density at radius 1 is 0.750 bits per heavy atom. The molecule has 1 rings (SSSR count). The van der Waals surface area contributed by atoms with Gasteiger partial charge in [0.25, 0.3) is 0 Å². The molecule has 0 N–H and O–H groups in total. The standard InChI is InChI=1S/C14H24I2/c15-12-11-13-9-7-5-3-1-2-4-6-8-10-14(13)16/h1-12H2/b14-13-. The molecule has 0 aliphatic heterocycles. The maximum Gasteiger partial charge on any atom is 0.00329 e. The maximum atomic E-state index is 2.61. The molecule has 0 heterocycles. The summed E-state index contributed by atoms with van der Waals surface area (Å²) in [6.45, 7) is 0. The first-order valence-electron chi connectivity index (χ1n) is 6.77.